The van der Waals surface area contributed by atoms with Crippen LogP contribution < -0.4 is 65.1 Å². The molecule has 10 aromatic carbocycles. The summed E-state index contributed by atoms with van der Waals surface area (Å²) in [5, 5.41) is 110. The van der Waals surface area contributed by atoms with E-state index in [9.17, 15) is 43.2 Å². The van der Waals surface area contributed by atoms with Crippen LogP contribution in [-0.2, 0) is 32.5 Å². The Morgan fingerprint density at radius 3 is 1.42 bits per heavy atom. The van der Waals surface area contributed by atoms with Crippen molar-refractivity contribution in [1.29, 1.82) is 0 Å². The minimum absolute atomic E-state index is 0. The lowest BCUT2D eigenvalue weighted by atomic mass is 9.91. The number of anilines is 11. The molecule has 0 heterocycles. The molecular weight excluding hydrogens is 1380 g/mol. The molecule has 0 atom stereocenters. The molecule has 0 radical (unpaired) electrons. The summed E-state index contributed by atoms with van der Waals surface area (Å²) in [6.07, 6.45) is 5.71. The van der Waals surface area contributed by atoms with Gasteiger partial charge in [0.15, 0.2) is 0 Å². The highest BCUT2D eigenvalue weighted by Crippen LogP contribution is 2.32. The van der Waals surface area contributed by atoms with Gasteiger partial charge in [0.25, 0.3) is 5.91 Å². The molecule has 28 N–H and O–H groups in total. The van der Waals surface area contributed by atoms with Crippen molar-refractivity contribution in [2.75, 3.05) is 86.9 Å². The third-order valence-corrected chi connectivity index (χ3v) is 14.0. The quantitative estimate of drug-likeness (QED) is 0.0343. The van der Waals surface area contributed by atoms with Crippen LogP contribution in [0.5, 0.6) is 63.2 Å². The second-order valence-electron chi connectivity index (χ2n) is 21.6. The molecule has 0 aliphatic heterocycles. The second-order valence-corrected chi connectivity index (χ2v) is 23.7. The number of aliphatic hydroxyl groups is 1. The molecule has 0 spiro atoms. The number of methoxy groups -OCH3 is 1. The number of nitrogens with one attached hydrogen (secondary N) is 5. The maximum absolute atomic E-state index is 11.8. The Morgan fingerprint density at radius 2 is 0.933 bits per heavy atom. The number of aliphatic hydroxyl groups excluding tert-OH is 1. The Balaban J connectivity index is 0.000000400. The number of carbonyl (C=O) groups is 3. The van der Waals surface area contributed by atoms with Gasteiger partial charge in [-0.25, -0.2) is 8.42 Å². The third-order valence-electron chi connectivity index (χ3n) is 13.1. The molecule has 0 saturated carbocycles. The van der Waals surface area contributed by atoms with Crippen LogP contribution in [0.25, 0.3) is 0 Å². The number of sulfonamides is 1. The summed E-state index contributed by atoms with van der Waals surface area (Å²) in [6.45, 7) is 3.25. The number of para-hydroxylation sites is 4. The maximum atomic E-state index is 11.8. The van der Waals surface area contributed by atoms with Crippen LogP contribution >= 0.6 is 11.6 Å². The van der Waals surface area contributed by atoms with E-state index in [-0.39, 0.29) is 106 Å². The average Bonchev–Trinajstić information content (AvgIpc) is 0.856. The Hall–Kier alpha value is -13.0. The molecule has 104 heavy (non-hydrogen) atoms. The molecule has 11 rings (SSSR count). The van der Waals surface area contributed by atoms with Crippen molar-refractivity contribution in [1.82, 2.24) is 0 Å². The van der Waals surface area contributed by atoms with Gasteiger partial charge in [-0.15, -0.1) is 0 Å². The van der Waals surface area contributed by atoms with Crippen LogP contribution in [-0.4, -0.2) is 109 Å². The van der Waals surface area contributed by atoms with Crippen LogP contribution in [0, 0.1) is 0 Å². The maximum Gasteiger partial charge on any atom is 0.255 e. The zero-order chi connectivity index (χ0) is 76.8. The number of benzene rings is 10. The minimum atomic E-state index is -3.39. The van der Waals surface area contributed by atoms with Crippen molar-refractivity contribution in [3.8, 4) is 63.2 Å². The molecule has 0 aromatic heterocycles. The first kappa shape index (κ1) is 87.1. The number of nitrogens with two attached hydrogens (primary N) is 6. The average molecular weight is 1470 g/mol. The minimum Gasteiger partial charge on any atom is -0.508 e. The highest BCUT2D eigenvalue weighted by Gasteiger charge is 2.13. The van der Waals surface area contributed by atoms with Crippen LogP contribution in [0.1, 0.15) is 55.6 Å². The van der Waals surface area contributed by atoms with Crippen LogP contribution in [0.4, 0.5) is 62.6 Å². The molecular formula is C74H90ClN11O17S. The number of ether oxygens (including phenoxy) is 1. The zero-order valence-electron chi connectivity index (χ0n) is 56.5. The van der Waals surface area contributed by atoms with E-state index >= 15 is 0 Å². The topological polar surface area (TPSA) is 533 Å². The van der Waals surface area contributed by atoms with Crippen molar-refractivity contribution in [2.24, 2.45) is 0 Å². The Labute approximate surface area is 607 Å². The van der Waals surface area contributed by atoms with E-state index in [1.165, 1.54) is 130 Å². The molecule has 0 bridgehead atoms. The van der Waals surface area contributed by atoms with Crippen LogP contribution in [0.15, 0.2) is 206 Å². The Bertz CT molecular complexity index is 4400. The van der Waals surface area contributed by atoms with E-state index in [1.807, 2.05) is 18.2 Å². The summed E-state index contributed by atoms with van der Waals surface area (Å²) in [6, 6.07) is 54.7. The van der Waals surface area contributed by atoms with Crippen LogP contribution in [0.3, 0.4) is 0 Å². The van der Waals surface area contributed by atoms with Crippen molar-refractivity contribution in [3.05, 3.63) is 228 Å². The van der Waals surface area contributed by atoms with E-state index in [0.29, 0.717) is 68.4 Å². The van der Waals surface area contributed by atoms with Crippen molar-refractivity contribution >= 4 is 102 Å². The fourth-order valence-electron chi connectivity index (χ4n) is 8.16. The smallest absolute Gasteiger partial charge is 0.255 e. The van der Waals surface area contributed by atoms with Gasteiger partial charge in [-0.3, -0.25) is 19.1 Å². The van der Waals surface area contributed by atoms with Crippen molar-refractivity contribution < 1.29 is 83.7 Å². The Morgan fingerprint density at radius 1 is 0.462 bits per heavy atom. The fourth-order valence-corrected chi connectivity index (χ4v) is 8.90. The van der Waals surface area contributed by atoms with E-state index in [2.05, 4.69) is 32.1 Å². The number of amides is 3. The lowest BCUT2D eigenvalue weighted by Gasteiger charge is -2.15. The summed E-state index contributed by atoms with van der Waals surface area (Å²) in [5.41, 5.74) is 39.4. The summed E-state index contributed by atoms with van der Waals surface area (Å²) >= 11 is 5.53. The number of halogens is 1. The summed E-state index contributed by atoms with van der Waals surface area (Å²) < 4.78 is 28.8. The van der Waals surface area contributed by atoms with Gasteiger partial charge in [-0.2, -0.15) is 0 Å². The van der Waals surface area contributed by atoms with Gasteiger partial charge in [0.05, 0.1) is 65.5 Å². The van der Waals surface area contributed by atoms with Gasteiger partial charge in [0.2, 0.25) is 21.8 Å². The molecule has 1 aliphatic carbocycles. The van der Waals surface area contributed by atoms with Gasteiger partial charge >= 0.3 is 0 Å². The number of phenolic OH excluding ortho intramolecular Hbond substituents is 10. The Kier molecular flexibility index (Phi) is 37.6. The number of nitrogen functional groups attached to an aromatic ring is 6. The molecule has 28 nitrogen and oxygen atoms in total. The summed E-state index contributed by atoms with van der Waals surface area (Å²) in [7, 11) is -1.94. The first-order chi connectivity index (χ1) is 48.7. The number of fused-ring (bicyclic) bond motifs is 1. The van der Waals surface area contributed by atoms with Crippen molar-refractivity contribution in [2.45, 2.75) is 47.0 Å². The number of aromatic hydroxyl groups is 10. The standard InChI is InChI=1S/C13H12N2O2.C10H12O.C8H10N2O2.C8H11NO4S.C8H9NO3.C8H11NO2.C6H6ClNO.C6H8N2O.C6H7NO.CH4/c14-11-8-10(6-7-12(11)16)15-13(17)9-4-2-1-3-5-9;11-10-7-3-5-8-4-1-2-6-9(8)10;1-5(11)10-6-2-3-8(12)7(9)4-6;1-13-6-3-4-8(10)7(5-6)9-14(2,11)12;1-5(10)9-7-4-6(11)2-3-8(7)12;10-6-5-9-7-3-1-2-4-8(7)11;2*7-4-1-2-6(9)5(8)3-4;7-5-3-1-2-4-6(5)8;/h1-8,16H,14H2,(H,15,17);3,5,7,11H,1-2,4,6H2;2-4,12H,9H2,1H3,(H,10,11);3-5,9-10H,1-2H3;2-4,11-12H,1H3,(H,9,10);1-4,9-11H,5-6H2;1-3,9H,8H2;1-3,9H,7-8H2;1-4,8H,7H2;1H4. The molecule has 30 heteroatoms. The molecule has 10 aromatic rings. The second kappa shape index (κ2) is 44.9. The number of phenols is 10. The summed E-state index contributed by atoms with van der Waals surface area (Å²) in [4.78, 5) is 33.0. The van der Waals surface area contributed by atoms with E-state index in [0.717, 1.165) is 19.1 Å². The lowest BCUT2D eigenvalue weighted by Crippen LogP contribution is -2.11. The van der Waals surface area contributed by atoms with E-state index < -0.39 is 10.0 Å². The fraction of sp³-hybridized carbons (Fsp3) is 0.149. The summed E-state index contributed by atoms with van der Waals surface area (Å²) in [5.74, 6) is 0.586. The predicted octanol–water partition coefficient (Wildman–Crippen LogP) is 11.9. The zero-order valence-corrected chi connectivity index (χ0v) is 58.1. The van der Waals surface area contributed by atoms with Crippen molar-refractivity contribution in [3.63, 3.8) is 0 Å². The number of carbonyl (C=O) groups excluding carboxylic acids is 3. The number of hydrogen-bond donors (Lipinski definition) is 22. The van der Waals surface area contributed by atoms with Gasteiger partial charge < -0.3 is 117 Å². The molecule has 3 amide bonds. The third kappa shape index (κ3) is 33.7. The molecule has 0 fully saturated rings. The molecule has 0 saturated heterocycles. The first-order valence-electron chi connectivity index (χ1n) is 30.7. The molecule has 0 unspecified atom stereocenters. The normalized spacial score (nSPS) is 10.3. The lowest BCUT2D eigenvalue weighted by molar-refractivity contribution is -0.115. The largest absolute Gasteiger partial charge is 0.508 e. The number of rotatable bonds is 10. The van der Waals surface area contributed by atoms with E-state index in [4.69, 9.17) is 86.5 Å². The molecule has 1 aliphatic rings. The van der Waals surface area contributed by atoms with E-state index in [1.54, 1.807) is 97.1 Å². The SMILES string of the molecule is C.CC(=O)Nc1cc(O)ccc1O.CC(=O)Nc1ccc(O)c(N)c1.COc1ccc(O)c(NS(C)(=O)=O)c1.Nc1cc(Cl)ccc1O.Nc1cc(NC(=O)c2ccccc2)ccc1O.Nc1ccc(O)c(N)c1.Nc1ccccc1O.OCCNc1ccccc1O.Oc1cccc2c1CCCC2. The highest BCUT2D eigenvalue weighted by molar-refractivity contribution is 7.92. The molecule has 556 valence electrons. The van der Waals surface area contributed by atoms with Gasteiger partial charge in [0.1, 0.15) is 63.2 Å². The van der Waals surface area contributed by atoms with Crippen LogP contribution in [0.2, 0.25) is 5.02 Å². The predicted molar refractivity (Wildman–Crippen MR) is 413 cm³/mol. The van der Waals surface area contributed by atoms with Gasteiger partial charge in [0, 0.05) is 60.2 Å². The highest BCUT2D eigenvalue weighted by atomic mass is 35.5. The number of hydrogen-bond acceptors (Lipinski definition) is 24. The number of aryl methyl sites for hydroxylation is 1. The van der Waals surface area contributed by atoms with Gasteiger partial charge in [-0.1, -0.05) is 73.6 Å². The first-order valence-corrected chi connectivity index (χ1v) is 33.0. The monoisotopic (exact) mass is 1470 g/mol. The van der Waals surface area contributed by atoms with Gasteiger partial charge in [-0.05, 0) is 176 Å².